The fraction of sp³-hybridized carbons (Fsp3) is 0.174. The first-order chi connectivity index (χ1) is 14.9. The van der Waals surface area contributed by atoms with Crippen LogP contribution in [0.15, 0.2) is 64.2 Å². The number of rotatable bonds is 5. The second kappa shape index (κ2) is 8.53. The Balaban J connectivity index is 1.79. The van der Waals surface area contributed by atoms with Gasteiger partial charge in [-0.05, 0) is 49.2 Å². The summed E-state index contributed by atoms with van der Waals surface area (Å²) in [6.45, 7) is 3.53. The quantitative estimate of drug-likeness (QED) is 0.423. The van der Waals surface area contributed by atoms with Crippen molar-refractivity contribution in [1.29, 1.82) is 0 Å². The molecule has 4 rings (SSSR count). The molecule has 0 atom stereocenters. The zero-order valence-corrected chi connectivity index (χ0v) is 18.5. The molecule has 0 unspecified atom stereocenters. The normalized spacial score (nSPS) is 11.1. The van der Waals surface area contributed by atoms with Crippen molar-refractivity contribution in [2.45, 2.75) is 27.0 Å². The molecule has 0 saturated heterocycles. The van der Waals surface area contributed by atoms with Crippen molar-refractivity contribution in [2.24, 2.45) is 0 Å². The highest BCUT2D eigenvalue weighted by atomic mass is 35.5. The Kier molecular flexibility index (Phi) is 5.80. The molecule has 2 heterocycles. The zero-order valence-electron chi connectivity index (χ0n) is 16.9. The van der Waals surface area contributed by atoms with E-state index in [1.165, 1.54) is 15.9 Å². The number of ether oxygens (including phenoxy) is 1. The van der Waals surface area contributed by atoms with Crippen molar-refractivity contribution in [3.8, 4) is 5.69 Å². The van der Waals surface area contributed by atoms with E-state index in [1.54, 1.807) is 24.3 Å². The van der Waals surface area contributed by atoms with Crippen LogP contribution in [0.25, 0.3) is 15.9 Å². The molecule has 0 aliphatic rings. The molecule has 0 bridgehead atoms. The molecule has 0 saturated carbocycles. The van der Waals surface area contributed by atoms with Gasteiger partial charge in [0.05, 0.1) is 11.1 Å². The summed E-state index contributed by atoms with van der Waals surface area (Å²) in [5.74, 6) is -0.558. The third-order valence-corrected chi connectivity index (χ3v) is 6.55. The molecule has 158 valence electrons. The van der Waals surface area contributed by atoms with E-state index in [0.717, 1.165) is 20.6 Å². The predicted molar refractivity (Wildman–Crippen MR) is 122 cm³/mol. The van der Waals surface area contributed by atoms with Gasteiger partial charge in [-0.2, -0.15) is 0 Å². The average molecular weight is 455 g/mol. The van der Waals surface area contributed by atoms with Gasteiger partial charge in [0.15, 0.2) is 0 Å². The van der Waals surface area contributed by atoms with Crippen LogP contribution >= 0.6 is 22.9 Å². The highest BCUT2D eigenvalue weighted by molar-refractivity contribution is 7.18. The Morgan fingerprint density at radius 1 is 1.03 bits per heavy atom. The van der Waals surface area contributed by atoms with E-state index in [-0.39, 0.29) is 13.2 Å². The van der Waals surface area contributed by atoms with Gasteiger partial charge in [-0.25, -0.2) is 9.36 Å². The number of halogens is 1. The highest BCUT2D eigenvalue weighted by Crippen LogP contribution is 2.27. The van der Waals surface area contributed by atoms with E-state index in [9.17, 15) is 14.4 Å². The van der Waals surface area contributed by atoms with Gasteiger partial charge in [0.2, 0.25) is 0 Å². The lowest BCUT2D eigenvalue weighted by atomic mass is 10.2. The molecule has 4 aromatic rings. The smallest absolute Gasteiger partial charge is 0.337 e. The molecule has 0 aliphatic carbocycles. The maximum atomic E-state index is 13.3. The molecule has 0 fully saturated rings. The average Bonchev–Trinajstić information content (AvgIpc) is 3.06. The van der Waals surface area contributed by atoms with Gasteiger partial charge < -0.3 is 4.74 Å². The Labute approximate surface area is 186 Å². The molecule has 2 aromatic heterocycles. The van der Waals surface area contributed by atoms with Gasteiger partial charge in [0.1, 0.15) is 18.0 Å². The SMILES string of the molecule is Cc1sc2c(c1C)c(=O)n(-c1ccc(Cl)cc1)c(=O)n2CC(=O)OCc1ccccc1. The zero-order chi connectivity index (χ0) is 22.1. The van der Waals surface area contributed by atoms with E-state index in [1.807, 2.05) is 44.2 Å². The summed E-state index contributed by atoms with van der Waals surface area (Å²) in [6, 6.07) is 15.7. The Morgan fingerprint density at radius 3 is 2.39 bits per heavy atom. The number of aromatic nitrogens is 2. The number of carbonyl (C=O) groups excluding carboxylic acids is 1. The van der Waals surface area contributed by atoms with Gasteiger partial charge in [-0.1, -0.05) is 41.9 Å². The van der Waals surface area contributed by atoms with Crippen LogP contribution in [0.3, 0.4) is 0 Å². The number of carbonyl (C=O) groups is 1. The van der Waals surface area contributed by atoms with Gasteiger partial charge in [-0.15, -0.1) is 11.3 Å². The van der Waals surface area contributed by atoms with Crippen LogP contribution in [0.4, 0.5) is 0 Å². The fourth-order valence-corrected chi connectivity index (χ4v) is 4.59. The van der Waals surface area contributed by atoms with Crippen LogP contribution in [0, 0.1) is 13.8 Å². The maximum absolute atomic E-state index is 13.3. The summed E-state index contributed by atoms with van der Waals surface area (Å²) < 4.78 is 7.75. The first-order valence-corrected chi connectivity index (χ1v) is 10.8. The first kappa shape index (κ1) is 21.1. The fourth-order valence-electron chi connectivity index (χ4n) is 3.33. The lowest BCUT2D eigenvalue weighted by Gasteiger charge is -2.12. The summed E-state index contributed by atoms with van der Waals surface area (Å²) in [6.07, 6.45) is 0. The molecule has 0 radical (unpaired) electrons. The standard InChI is InChI=1S/C23H19ClN2O4S/c1-14-15(2)31-22-20(14)21(28)26(18-10-8-17(24)9-11-18)23(29)25(22)12-19(27)30-13-16-6-4-3-5-7-16/h3-11H,12-13H2,1-2H3. The van der Waals surface area contributed by atoms with Gasteiger partial charge >= 0.3 is 11.7 Å². The van der Waals surface area contributed by atoms with Crippen molar-refractivity contribution in [3.05, 3.63) is 96.5 Å². The van der Waals surface area contributed by atoms with E-state index in [0.29, 0.717) is 20.9 Å². The second-order valence-electron chi connectivity index (χ2n) is 7.10. The Bertz CT molecular complexity index is 1390. The highest BCUT2D eigenvalue weighted by Gasteiger charge is 2.21. The maximum Gasteiger partial charge on any atom is 0.337 e. The topological polar surface area (TPSA) is 70.3 Å². The molecular formula is C23H19ClN2O4S. The van der Waals surface area contributed by atoms with E-state index in [2.05, 4.69) is 0 Å². The van der Waals surface area contributed by atoms with Crippen molar-refractivity contribution in [3.63, 3.8) is 0 Å². The number of aryl methyl sites for hydroxylation is 2. The van der Waals surface area contributed by atoms with Crippen LogP contribution < -0.4 is 11.2 Å². The molecule has 0 aliphatic heterocycles. The monoisotopic (exact) mass is 454 g/mol. The number of fused-ring (bicyclic) bond motifs is 1. The van der Waals surface area contributed by atoms with Gasteiger partial charge in [-0.3, -0.25) is 14.2 Å². The number of nitrogens with zero attached hydrogens (tertiary/aromatic N) is 2. The van der Waals surface area contributed by atoms with Gasteiger partial charge in [0.25, 0.3) is 5.56 Å². The summed E-state index contributed by atoms with van der Waals surface area (Å²) in [5, 5.41) is 0.915. The summed E-state index contributed by atoms with van der Waals surface area (Å²) in [4.78, 5) is 40.5. The minimum atomic E-state index is -0.599. The predicted octanol–water partition coefficient (Wildman–Crippen LogP) is 4.23. The minimum absolute atomic E-state index is 0.108. The number of thiophene rings is 1. The van der Waals surface area contributed by atoms with Crippen LogP contribution in [-0.4, -0.2) is 15.1 Å². The number of hydrogen-bond donors (Lipinski definition) is 0. The molecule has 2 aromatic carbocycles. The number of benzene rings is 2. The largest absolute Gasteiger partial charge is 0.459 e. The first-order valence-electron chi connectivity index (χ1n) is 9.58. The second-order valence-corrected chi connectivity index (χ2v) is 8.74. The molecule has 0 amide bonds. The van der Waals surface area contributed by atoms with Crippen LogP contribution in [0.2, 0.25) is 5.02 Å². The third kappa shape index (κ3) is 4.06. The third-order valence-electron chi connectivity index (χ3n) is 5.07. The minimum Gasteiger partial charge on any atom is -0.459 e. The molecule has 0 spiro atoms. The van der Waals surface area contributed by atoms with Crippen molar-refractivity contribution in [1.82, 2.24) is 9.13 Å². The van der Waals surface area contributed by atoms with Crippen LogP contribution in [0.5, 0.6) is 0 Å². The Morgan fingerprint density at radius 2 is 1.71 bits per heavy atom. The van der Waals surface area contributed by atoms with Crippen molar-refractivity contribution in [2.75, 3.05) is 0 Å². The van der Waals surface area contributed by atoms with Crippen LogP contribution in [0.1, 0.15) is 16.0 Å². The number of esters is 1. The molecule has 0 N–H and O–H groups in total. The lowest BCUT2D eigenvalue weighted by molar-refractivity contribution is -0.145. The molecule has 6 nitrogen and oxygen atoms in total. The van der Waals surface area contributed by atoms with E-state index >= 15 is 0 Å². The van der Waals surface area contributed by atoms with Crippen molar-refractivity contribution >= 4 is 39.1 Å². The van der Waals surface area contributed by atoms with Crippen molar-refractivity contribution < 1.29 is 9.53 Å². The van der Waals surface area contributed by atoms with E-state index in [4.69, 9.17) is 16.3 Å². The molecule has 8 heteroatoms. The summed E-state index contributed by atoms with van der Waals surface area (Å²) in [7, 11) is 0. The number of hydrogen-bond acceptors (Lipinski definition) is 5. The molecular weight excluding hydrogens is 436 g/mol. The van der Waals surface area contributed by atoms with Crippen LogP contribution in [-0.2, 0) is 22.7 Å². The van der Waals surface area contributed by atoms with E-state index < -0.39 is 17.2 Å². The molecule has 31 heavy (non-hydrogen) atoms. The lowest BCUT2D eigenvalue weighted by Crippen LogP contribution is -2.40. The Hall–Kier alpha value is -3.16. The van der Waals surface area contributed by atoms with Gasteiger partial charge in [0, 0.05) is 9.90 Å². The summed E-state index contributed by atoms with van der Waals surface area (Å²) >= 11 is 7.27. The summed E-state index contributed by atoms with van der Waals surface area (Å²) in [5.41, 5.74) is 1.01.